The number of hydrogen-bond acceptors (Lipinski definition) is 1. The first kappa shape index (κ1) is 12.5. The topological polar surface area (TPSA) is 12.0 Å². The third kappa shape index (κ3) is 4.08. The molecule has 1 nitrogen and oxygen atoms in total. The molecule has 0 spiro atoms. The molecule has 1 aromatic carbocycles. The minimum Gasteiger partial charge on any atom is -0.310 e. The molecule has 0 saturated heterocycles. The maximum absolute atomic E-state index is 13.0. The third-order valence-corrected chi connectivity index (χ3v) is 3.37. The van der Waals surface area contributed by atoms with Crippen molar-refractivity contribution in [1.82, 2.24) is 5.32 Å². The van der Waals surface area contributed by atoms with E-state index in [-0.39, 0.29) is 0 Å². The van der Waals surface area contributed by atoms with Gasteiger partial charge in [0.2, 0.25) is 0 Å². The fourth-order valence-electron chi connectivity index (χ4n) is 2.46. The minimum absolute atomic E-state index is 0.498. The predicted molar refractivity (Wildman–Crippen MR) is 64.7 cm³/mol. The van der Waals surface area contributed by atoms with Crippen LogP contribution in [0.1, 0.15) is 44.1 Å². The summed E-state index contributed by atoms with van der Waals surface area (Å²) in [6.07, 6.45) is 7.50. The van der Waals surface area contributed by atoms with E-state index in [1.54, 1.807) is 0 Å². The van der Waals surface area contributed by atoms with Crippen LogP contribution in [0.3, 0.4) is 0 Å². The normalized spacial score (nSPS) is 18.0. The van der Waals surface area contributed by atoms with E-state index in [1.165, 1.54) is 50.7 Å². The number of rotatable bonds is 3. The van der Waals surface area contributed by atoms with E-state index >= 15 is 0 Å². The van der Waals surface area contributed by atoms with E-state index in [0.717, 1.165) is 6.07 Å². The molecule has 17 heavy (non-hydrogen) atoms. The molecule has 0 amide bonds. The van der Waals surface area contributed by atoms with Gasteiger partial charge in [-0.15, -0.1) is 0 Å². The molecule has 0 unspecified atom stereocenters. The summed E-state index contributed by atoms with van der Waals surface area (Å²) in [5.74, 6) is -0.995. The fourth-order valence-corrected chi connectivity index (χ4v) is 2.46. The van der Waals surface area contributed by atoms with Crippen LogP contribution in [0.25, 0.3) is 0 Å². The van der Waals surface area contributed by atoms with Crippen LogP contribution >= 0.6 is 0 Å². The van der Waals surface area contributed by atoms with Crippen LogP contribution in [-0.4, -0.2) is 6.04 Å². The van der Waals surface area contributed by atoms with Gasteiger partial charge in [-0.05, 0) is 30.5 Å². The Hall–Kier alpha value is -0.960. The van der Waals surface area contributed by atoms with Crippen LogP contribution in [0.2, 0.25) is 0 Å². The van der Waals surface area contributed by atoms with E-state index in [4.69, 9.17) is 0 Å². The smallest absolute Gasteiger partial charge is 0.126 e. The first-order valence-corrected chi connectivity index (χ1v) is 6.42. The Balaban J connectivity index is 1.87. The summed E-state index contributed by atoms with van der Waals surface area (Å²) in [4.78, 5) is 0. The highest BCUT2D eigenvalue weighted by Crippen LogP contribution is 2.18. The molecule has 0 aromatic heterocycles. The molecule has 0 aliphatic heterocycles. The summed E-state index contributed by atoms with van der Waals surface area (Å²) >= 11 is 0. The molecule has 1 fully saturated rings. The van der Waals surface area contributed by atoms with Crippen molar-refractivity contribution in [2.75, 3.05) is 0 Å². The largest absolute Gasteiger partial charge is 0.310 e. The lowest BCUT2D eigenvalue weighted by atomic mass is 10.1. The Kier molecular flexibility index (Phi) is 4.49. The van der Waals surface area contributed by atoms with E-state index in [2.05, 4.69) is 5.32 Å². The van der Waals surface area contributed by atoms with Gasteiger partial charge in [0.25, 0.3) is 0 Å². The van der Waals surface area contributed by atoms with Crippen molar-refractivity contribution in [3.05, 3.63) is 35.4 Å². The third-order valence-electron chi connectivity index (χ3n) is 3.37. The second-order valence-corrected chi connectivity index (χ2v) is 4.85. The van der Waals surface area contributed by atoms with Crippen LogP contribution in [0, 0.1) is 11.6 Å². The Morgan fingerprint density at radius 2 is 1.53 bits per heavy atom. The van der Waals surface area contributed by atoms with Crippen molar-refractivity contribution in [3.8, 4) is 0 Å². The van der Waals surface area contributed by atoms with Gasteiger partial charge in [-0.2, -0.15) is 0 Å². The quantitative estimate of drug-likeness (QED) is 0.791. The molecular weight excluding hydrogens is 220 g/mol. The molecule has 1 saturated carbocycles. The van der Waals surface area contributed by atoms with Crippen molar-refractivity contribution >= 4 is 0 Å². The van der Waals surface area contributed by atoms with Crippen molar-refractivity contribution < 1.29 is 8.78 Å². The molecule has 1 N–H and O–H groups in total. The van der Waals surface area contributed by atoms with E-state index in [1.807, 2.05) is 0 Å². The molecule has 2 rings (SSSR count). The lowest BCUT2D eigenvalue weighted by Gasteiger charge is -2.16. The van der Waals surface area contributed by atoms with Crippen molar-refractivity contribution in [2.45, 2.75) is 51.1 Å². The highest BCUT2D eigenvalue weighted by molar-refractivity contribution is 5.17. The Bertz CT molecular complexity index is 337. The van der Waals surface area contributed by atoms with Crippen LogP contribution in [0.5, 0.6) is 0 Å². The molecule has 0 atom stereocenters. The highest BCUT2D eigenvalue weighted by atomic mass is 19.1. The molecule has 3 heteroatoms. The van der Waals surface area contributed by atoms with Gasteiger partial charge in [0.05, 0.1) is 0 Å². The van der Waals surface area contributed by atoms with Gasteiger partial charge in [-0.1, -0.05) is 25.7 Å². The van der Waals surface area contributed by atoms with Gasteiger partial charge in [-0.25, -0.2) is 8.78 Å². The molecule has 1 aliphatic carbocycles. The average molecular weight is 239 g/mol. The summed E-state index contributed by atoms with van der Waals surface area (Å²) in [6.45, 7) is 0.555. The summed E-state index contributed by atoms with van der Waals surface area (Å²) in [5, 5.41) is 3.40. The zero-order valence-electron chi connectivity index (χ0n) is 10.0. The van der Waals surface area contributed by atoms with Gasteiger partial charge in [0, 0.05) is 18.7 Å². The molecule has 0 radical (unpaired) electrons. The molecule has 1 aromatic rings. The van der Waals surface area contributed by atoms with Gasteiger partial charge in [0.1, 0.15) is 11.6 Å². The SMILES string of the molecule is Fc1cc(F)cc(CNC2CCCCCC2)c1. The van der Waals surface area contributed by atoms with Gasteiger partial charge in [-0.3, -0.25) is 0 Å². The van der Waals surface area contributed by atoms with E-state index in [0.29, 0.717) is 18.2 Å². The zero-order chi connectivity index (χ0) is 12.1. The monoisotopic (exact) mass is 239 g/mol. The molecule has 0 bridgehead atoms. The molecule has 94 valence electrons. The Morgan fingerprint density at radius 1 is 0.941 bits per heavy atom. The van der Waals surface area contributed by atoms with Crippen LogP contribution in [0.4, 0.5) is 8.78 Å². The van der Waals surface area contributed by atoms with E-state index in [9.17, 15) is 8.78 Å². The summed E-state index contributed by atoms with van der Waals surface area (Å²) in [7, 11) is 0. The van der Waals surface area contributed by atoms with Crippen molar-refractivity contribution in [1.29, 1.82) is 0 Å². The second-order valence-electron chi connectivity index (χ2n) is 4.85. The van der Waals surface area contributed by atoms with Crippen molar-refractivity contribution in [2.24, 2.45) is 0 Å². The standard InChI is InChI=1S/C14H19F2N/c15-12-7-11(8-13(16)9-12)10-17-14-5-3-1-2-4-6-14/h7-9,14,17H,1-6,10H2. The lowest BCUT2D eigenvalue weighted by molar-refractivity contribution is 0.457. The zero-order valence-corrected chi connectivity index (χ0v) is 10.0. The molecule has 1 aliphatic rings. The Labute approximate surface area is 101 Å². The predicted octanol–water partition coefficient (Wildman–Crippen LogP) is 3.78. The summed E-state index contributed by atoms with van der Waals surface area (Å²) in [5.41, 5.74) is 0.687. The van der Waals surface area contributed by atoms with Gasteiger partial charge < -0.3 is 5.32 Å². The highest BCUT2D eigenvalue weighted by Gasteiger charge is 2.11. The van der Waals surface area contributed by atoms with Gasteiger partial charge in [0.15, 0.2) is 0 Å². The van der Waals surface area contributed by atoms with E-state index < -0.39 is 11.6 Å². The molecule has 0 heterocycles. The number of halogens is 2. The van der Waals surface area contributed by atoms with Crippen LogP contribution in [0.15, 0.2) is 18.2 Å². The maximum atomic E-state index is 13.0. The Morgan fingerprint density at radius 3 is 2.12 bits per heavy atom. The first-order valence-electron chi connectivity index (χ1n) is 6.42. The average Bonchev–Trinajstić information content (AvgIpc) is 2.53. The summed E-state index contributed by atoms with van der Waals surface area (Å²) < 4.78 is 26.0. The van der Waals surface area contributed by atoms with Gasteiger partial charge >= 0.3 is 0 Å². The number of nitrogens with one attached hydrogen (secondary N) is 1. The molecular formula is C14H19F2N. The second kappa shape index (κ2) is 6.10. The first-order chi connectivity index (χ1) is 8.24. The minimum atomic E-state index is -0.498. The van der Waals surface area contributed by atoms with Crippen LogP contribution in [-0.2, 0) is 6.54 Å². The van der Waals surface area contributed by atoms with Crippen LogP contribution < -0.4 is 5.32 Å². The fraction of sp³-hybridized carbons (Fsp3) is 0.571. The number of hydrogen-bond donors (Lipinski definition) is 1. The lowest BCUT2D eigenvalue weighted by Crippen LogP contribution is -2.27. The summed E-state index contributed by atoms with van der Waals surface area (Å²) in [6, 6.07) is 4.21. The maximum Gasteiger partial charge on any atom is 0.126 e. The number of benzene rings is 1. The van der Waals surface area contributed by atoms with Crippen molar-refractivity contribution in [3.63, 3.8) is 0 Å².